The molecule has 0 radical (unpaired) electrons. The summed E-state index contributed by atoms with van der Waals surface area (Å²) in [5.74, 6) is 0. The predicted octanol–water partition coefficient (Wildman–Crippen LogP) is 4.05. The lowest BCUT2D eigenvalue weighted by Gasteiger charge is -2.36. The molecule has 0 aromatic heterocycles. The second-order valence-corrected chi connectivity index (χ2v) is 6.73. The van der Waals surface area contributed by atoms with E-state index in [1.807, 2.05) is 0 Å². The summed E-state index contributed by atoms with van der Waals surface area (Å²) in [4.78, 5) is 2.68. The SMILES string of the molecule is CCCCCN(C(C)C)C(CC)CNC(C)(C)C. The van der Waals surface area contributed by atoms with E-state index in [0.29, 0.717) is 12.1 Å². The van der Waals surface area contributed by atoms with Crippen molar-refractivity contribution >= 4 is 0 Å². The number of nitrogens with one attached hydrogen (secondary N) is 1. The van der Waals surface area contributed by atoms with Crippen LogP contribution >= 0.6 is 0 Å². The summed E-state index contributed by atoms with van der Waals surface area (Å²) >= 11 is 0. The van der Waals surface area contributed by atoms with Gasteiger partial charge in [0.2, 0.25) is 0 Å². The maximum atomic E-state index is 3.66. The van der Waals surface area contributed by atoms with Crippen LogP contribution in [0.5, 0.6) is 0 Å². The Morgan fingerprint density at radius 1 is 1.06 bits per heavy atom. The third-order valence-corrected chi connectivity index (χ3v) is 3.49. The van der Waals surface area contributed by atoms with E-state index in [0.717, 1.165) is 6.54 Å². The summed E-state index contributed by atoms with van der Waals surface area (Å²) in [5.41, 5.74) is 0.222. The number of hydrogen-bond acceptors (Lipinski definition) is 2. The van der Waals surface area contributed by atoms with Crippen molar-refractivity contribution < 1.29 is 0 Å². The fourth-order valence-electron chi connectivity index (χ4n) is 2.33. The van der Waals surface area contributed by atoms with Gasteiger partial charge >= 0.3 is 0 Å². The highest BCUT2D eigenvalue weighted by Crippen LogP contribution is 2.12. The Balaban J connectivity index is 4.33. The molecule has 2 nitrogen and oxygen atoms in total. The molecule has 0 aliphatic heterocycles. The van der Waals surface area contributed by atoms with Crippen molar-refractivity contribution in [3.05, 3.63) is 0 Å². The lowest BCUT2D eigenvalue weighted by Crippen LogP contribution is -2.49. The smallest absolute Gasteiger partial charge is 0.0220 e. The fraction of sp³-hybridized carbons (Fsp3) is 1.00. The number of unbranched alkanes of at least 4 members (excludes halogenated alkanes) is 2. The average Bonchev–Trinajstić information content (AvgIpc) is 2.25. The summed E-state index contributed by atoms with van der Waals surface area (Å²) in [6, 6.07) is 1.31. The van der Waals surface area contributed by atoms with Gasteiger partial charge in [-0.2, -0.15) is 0 Å². The quantitative estimate of drug-likeness (QED) is 0.626. The molecular weight excluding hydrogens is 220 g/mol. The normalized spacial score (nSPS) is 14.5. The van der Waals surface area contributed by atoms with E-state index in [4.69, 9.17) is 0 Å². The average molecular weight is 256 g/mol. The van der Waals surface area contributed by atoms with Crippen molar-refractivity contribution in [2.75, 3.05) is 13.1 Å². The van der Waals surface area contributed by atoms with E-state index >= 15 is 0 Å². The molecule has 0 rings (SSSR count). The Labute approximate surface area is 116 Å². The molecule has 110 valence electrons. The van der Waals surface area contributed by atoms with Crippen LogP contribution in [0.3, 0.4) is 0 Å². The topological polar surface area (TPSA) is 15.3 Å². The first-order valence-corrected chi connectivity index (χ1v) is 7.82. The minimum atomic E-state index is 0.222. The summed E-state index contributed by atoms with van der Waals surface area (Å²) in [5, 5.41) is 3.66. The molecule has 0 aromatic rings. The van der Waals surface area contributed by atoms with E-state index in [9.17, 15) is 0 Å². The highest BCUT2D eigenvalue weighted by Gasteiger charge is 2.21. The van der Waals surface area contributed by atoms with E-state index in [2.05, 4.69) is 58.7 Å². The summed E-state index contributed by atoms with van der Waals surface area (Å²) in [6.07, 6.45) is 5.23. The van der Waals surface area contributed by atoms with Crippen molar-refractivity contribution in [3.63, 3.8) is 0 Å². The van der Waals surface area contributed by atoms with Crippen LogP contribution < -0.4 is 5.32 Å². The molecule has 0 aromatic carbocycles. The van der Waals surface area contributed by atoms with E-state index < -0.39 is 0 Å². The van der Waals surface area contributed by atoms with E-state index in [1.165, 1.54) is 32.2 Å². The zero-order chi connectivity index (χ0) is 14.2. The van der Waals surface area contributed by atoms with Crippen LogP contribution in [0.1, 0.15) is 74.1 Å². The minimum Gasteiger partial charge on any atom is -0.311 e. The molecule has 0 fully saturated rings. The fourth-order valence-corrected chi connectivity index (χ4v) is 2.33. The standard InChI is InChI=1S/C16H36N2/c1-8-10-11-12-18(14(3)4)15(9-2)13-17-16(5,6)7/h14-15,17H,8-13H2,1-7H3. The first-order chi connectivity index (χ1) is 8.31. The predicted molar refractivity (Wildman–Crippen MR) is 83.2 cm³/mol. The molecule has 1 atom stereocenters. The Morgan fingerprint density at radius 3 is 2.06 bits per heavy atom. The molecule has 1 unspecified atom stereocenters. The van der Waals surface area contributed by atoms with Gasteiger partial charge in [0.05, 0.1) is 0 Å². The zero-order valence-corrected chi connectivity index (χ0v) is 13.8. The molecule has 0 saturated heterocycles. The van der Waals surface area contributed by atoms with Gasteiger partial charge < -0.3 is 5.32 Å². The third-order valence-electron chi connectivity index (χ3n) is 3.49. The van der Waals surface area contributed by atoms with Crippen LogP contribution in [0.2, 0.25) is 0 Å². The maximum absolute atomic E-state index is 3.66. The van der Waals surface area contributed by atoms with Crippen LogP contribution in [0, 0.1) is 0 Å². The van der Waals surface area contributed by atoms with Gasteiger partial charge in [0.25, 0.3) is 0 Å². The maximum Gasteiger partial charge on any atom is 0.0220 e. The van der Waals surface area contributed by atoms with E-state index in [1.54, 1.807) is 0 Å². The van der Waals surface area contributed by atoms with Gasteiger partial charge in [-0.1, -0.05) is 26.7 Å². The van der Waals surface area contributed by atoms with Gasteiger partial charge in [-0.15, -0.1) is 0 Å². The molecule has 0 bridgehead atoms. The molecule has 0 saturated carbocycles. The second kappa shape index (κ2) is 8.92. The van der Waals surface area contributed by atoms with Gasteiger partial charge in [0.1, 0.15) is 0 Å². The third kappa shape index (κ3) is 8.10. The second-order valence-electron chi connectivity index (χ2n) is 6.73. The van der Waals surface area contributed by atoms with Crippen molar-refractivity contribution in [1.29, 1.82) is 0 Å². The first-order valence-electron chi connectivity index (χ1n) is 7.82. The van der Waals surface area contributed by atoms with Gasteiger partial charge in [0.15, 0.2) is 0 Å². The first kappa shape index (κ1) is 17.9. The van der Waals surface area contributed by atoms with Crippen LogP contribution in [-0.4, -0.2) is 35.6 Å². The largest absolute Gasteiger partial charge is 0.311 e. The monoisotopic (exact) mass is 256 g/mol. The summed E-state index contributed by atoms with van der Waals surface area (Å²) in [7, 11) is 0. The van der Waals surface area contributed by atoms with Crippen LogP contribution in [0.25, 0.3) is 0 Å². The molecule has 2 heteroatoms. The zero-order valence-electron chi connectivity index (χ0n) is 13.8. The number of nitrogens with zero attached hydrogens (tertiary/aromatic N) is 1. The van der Waals surface area contributed by atoms with Crippen LogP contribution in [-0.2, 0) is 0 Å². The van der Waals surface area contributed by atoms with Crippen molar-refractivity contribution in [3.8, 4) is 0 Å². The van der Waals surface area contributed by atoms with Gasteiger partial charge in [-0.25, -0.2) is 0 Å². The number of rotatable bonds is 9. The van der Waals surface area contributed by atoms with E-state index in [-0.39, 0.29) is 5.54 Å². The molecule has 0 amide bonds. The van der Waals surface area contributed by atoms with Gasteiger partial charge in [-0.3, -0.25) is 4.90 Å². The molecule has 0 aliphatic rings. The molecule has 0 heterocycles. The molecular formula is C16H36N2. The Hall–Kier alpha value is -0.0800. The van der Waals surface area contributed by atoms with Crippen LogP contribution in [0.15, 0.2) is 0 Å². The Kier molecular flexibility index (Phi) is 8.89. The lowest BCUT2D eigenvalue weighted by molar-refractivity contribution is 0.136. The highest BCUT2D eigenvalue weighted by atomic mass is 15.2. The molecule has 1 N–H and O–H groups in total. The van der Waals surface area contributed by atoms with Crippen molar-refractivity contribution in [2.24, 2.45) is 0 Å². The van der Waals surface area contributed by atoms with Gasteiger partial charge in [0, 0.05) is 24.2 Å². The van der Waals surface area contributed by atoms with Crippen molar-refractivity contribution in [2.45, 2.75) is 91.8 Å². The minimum absolute atomic E-state index is 0.222. The summed E-state index contributed by atoms with van der Waals surface area (Å²) < 4.78 is 0. The van der Waals surface area contributed by atoms with Crippen molar-refractivity contribution in [1.82, 2.24) is 10.2 Å². The van der Waals surface area contributed by atoms with Crippen LogP contribution in [0.4, 0.5) is 0 Å². The molecule has 0 aliphatic carbocycles. The highest BCUT2D eigenvalue weighted by molar-refractivity contribution is 4.80. The summed E-state index contributed by atoms with van der Waals surface area (Å²) in [6.45, 7) is 18.3. The molecule has 0 spiro atoms. The molecule has 18 heavy (non-hydrogen) atoms. The van der Waals surface area contributed by atoms with Gasteiger partial charge in [-0.05, 0) is 54.0 Å². The lowest BCUT2D eigenvalue weighted by atomic mass is 10.1. The Bertz CT molecular complexity index is 194. The number of hydrogen-bond donors (Lipinski definition) is 1. The Morgan fingerprint density at radius 2 is 1.67 bits per heavy atom.